The van der Waals surface area contributed by atoms with Gasteiger partial charge in [0.1, 0.15) is 0 Å². The van der Waals surface area contributed by atoms with Gasteiger partial charge >= 0.3 is 0 Å². The van der Waals surface area contributed by atoms with Crippen LogP contribution >= 0.6 is 24.0 Å². The molecule has 0 spiro atoms. The number of fused-ring (bicyclic) bond motifs is 1. The largest absolute Gasteiger partial charge is 0.479 e. The van der Waals surface area contributed by atoms with Gasteiger partial charge in [-0.05, 0) is 63.4 Å². The molecule has 242 valence electrons. The zero-order valence-electron chi connectivity index (χ0n) is 27.7. The van der Waals surface area contributed by atoms with Crippen molar-refractivity contribution < 1.29 is 14.1 Å². The molecule has 1 aliphatic rings. The van der Waals surface area contributed by atoms with Gasteiger partial charge in [0.15, 0.2) is 16.2 Å². The fourth-order valence-corrected chi connectivity index (χ4v) is 5.62. The number of likely N-dealkylation sites (tertiary alicyclic amines) is 1. The van der Waals surface area contributed by atoms with Gasteiger partial charge < -0.3 is 19.5 Å². The Morgan fingerprint density at radius 3 is 2.48 bits per heavy atom. The van der Waals surface area contributed by atoms with Crippen molar-refractivity contribution >= 4 is 45.3 Å². The molecule has 4 heterocycles. The summed E-state index contributed by atoms with van der Waals surface area (Å²) in [6, 6.07) is 10.3. The predicted octanol–water partition coefficient (Wildman–Crippen LogP) is 7.74. The molecule has 1 amide bonds. The van der Waals surface area contributed by atoms with Crippen molar-refractivity contribution in [3.8, 4) is 5.88 Å². The zero-order valence-corrected chi connectivity index (χ0v) is 29.4. The van der Waals surface area contributed by atoms with E-state index in [2.05, 4.69) is 77.9 Å². The highest BCUT2D eigenvalue weighted by Gasteiger charge is 2.33. The lowest BCUT2D eigenvalue weighted by atomic mass is 10.0. The molecular formula is C33H50N6O3S2. The third-order valence-corrected chi connectivity index (χ3v) is 8.75. The number of ether oxygens (including phenoxy) is 1. The summed E-state index contributed by atoms with van der Waals surface area (Å²) in [5.41, 5.74) is 4.76. The second-order valence-electron chi connectivity index (χ2n) is 10.3. The van der Waals surface area contributed by atoms with E-state index in [1.165, 1.54) is 28.6 Å². The van der Waals surface area contributed by atoms with Crippen molar-refractivity contribution in [1.82, 2.24) is 30.1 Å². The van der Waals surface area contributed by atoms with E-state index in [0.717, 1.165) is 41.5 Å². The molecule has 1 aliphatic heterocycles. The summed E-state index contributed by atoms with van der Waals surface area (Å²) in [6.07, 6.45) is 4.54. The number of hydrogen-bond donors (Lipinski definition) is 3. The summed E-state index contributed by atoms with van der Waals surface area (Å²) in [6.45, 7) is 17.6. The van der Waals surface area contributed by atoms with E-state index in [0.29, 0.717) is 18.1 Å². The maximum absolute atomic E-state index is 12.6. The summed E-state index contributed by atoms with van der Waals surface area (Å²) < 4.78 is 12.2. The van der Waals surface area contributed by atoms with Gasteiger partial charge in [-0.15, -0.1) is 19.2 Å². The SMILES string of the molecule is C=CC1CCCN1C(=O)C(CC)c1cc(OC)no1.CC.CNCc1ccc(C(S)=C(C)C)cc1.Cc1nc2[nH]n(C)c2s1. The van der Waals surface area contributed by atoms with Gasteiger partial charge in [0.2, 0.25) is 5.91 Å². The number of amides is 1. The number of thiazole rings is 1. The fourth-order valence-electron chi connectivity index (χ4n) is 4.69. The first-order valence-electron chi connectivity index (χ1n) is 15.1. The van der Waals surface area contributed by atoms with E-state index < -0.39 is 0 Å². The molecule has 1 aromatic carbocycles. The Morgan fingerprint density at radius 2 is 2.00 bits per heavy atom. The molecule has 44 heavy (non-hydrogen) atoms. The number of nitrogens with one attached hydrogen (secondary N) is 2. The molecule has 3 aromatic heterocycles. The number of thiol groups is 1. The Kier molecular flexibility index (Phi) is 15.5. The summed E-state index contributed by atoms with van der Waals surface area (Å²) >= 11 is 6.18. The van der Waals surface area contributed by atoms with E-state index in [1.54, 1.807) is 17.4 Å². The van der Waals surface area contributed by atoms with Gasteiger partial charge in [0, 0.05) is 37.2 Å². The van der Waals surface area contributed by atoms with Gasteiger partial charge in [0.25, 0.3) is 5.88 Å². The monoisotopic (exact) mass is 642 g/mol. The van der Waals surface area contributed by atoms with Crippen LogP contribution in [0.15, 0.2) is 53.1 Å². The molecule has 0 bridgehead atoms. The topological polar surface area (TPSA) is 101 Å². The first-order chi connectivity index (χ1) is 21.1. The van der Waals surface area contributed by atoms with Crippen LogP contribution in [0.25, 0.3) is 15.4 Å². The number of hydrogen-bond acceptors (Lipinski definition) is 8. The minimum absolute atomic E-state index is 0.0868. The van der Waals surface area contributed by atoms with Gasteiger partial charge in [-0.3, -0.25) is 14.6 Å². The molecule has 0 radical (unpaired) electrons. The van der Waals surface area contributed by atoms with Gasteiger partial charge in [-0.2, -0.15) is 0 Å². The maximum atomic E-state index is 12.6. The molecule has 2 atom stereocenters. The quantitative estimate of drug-likeness (QED) is 0.134. The second-order valence-corrected chi connectivity index (χ2v) is 12.0. The van der Waals surface area contributed by atoms with Crippen LogP contribution in [0.4, 0.5) is 0 Å². The number of benzene rings is 1. The van der Waals surface area contributed by atoms with Crippen molar-refractivity contribution in [2.75, 3.05) is 20.7 Å². The zero-order chi connectivity index (χ0) is 32.8. The van der Waals surface area contributed by atoms with Crippen LogP contribution in [-0.2, 0) is 18.4 Å². The smallest absolute Gasteiger partial charge is 0.254 e. The van der Waals surface area contributed by atoms with Gasteiger partial charge in [-0.1, -0.05) is 68.0 Å². The van der Waals surface area contributed by atoms with Crippen LogP contribution < -0.4 is 10.1 Å². The van der Waals surface area contributed by atoms with Crippen LogP contribution in [0.3, 0.4) is 0 Å². The van der Waals surface area contributed by atoms with Crippen LogP contribution in [-0.4, -0.2) is 57.5 Å². The average molecular weight is 643 g/mol. The maximum Gasteiger partial charge on any atom is 0.254 e. The number of carbonyl (C=O) groups is 1. The van der Waals surface area contributed by atoms with Gasteiger partial charge in [-0.25, -0.2) is 4.98 Å². The molecule has 0 aliphatic carbocycles. The number of H-pyrrole nitrogens is 1. The number of aromatic nitrogens is 4. The number of allylic oxidation sites excluding steroid dienone is 1. The van der Waals surface area contributed by atoms with Crippen molar-refractivity contribution in [2.45, 2.75) is 79.3 Å². The molecule has 1 saturated heterocycles. The van der Waals surface area contributed by atoms with Crippen molar-refractivity contribution in [3.05, 3.63) is 70.5 Å². The van der Waals surface area contributed by atoms with Crippen LogP contribution in [0.1, 0.15) is 81.7 Å². The Hall–Kier alpha value is -3.28. The number of aryl methyl sites for hydroxylation is 2. The van der Waals surface area contributed by atoms with Crippen LogP contribution in [0.2, 0.25) is 0 Å². The van der Waals surface area contributed by atoms with E-state index in [-0.39, 0.29) is 17.9 Å². The Labute approximate surface area is 272 Å². The Morgan fingerprint density at radius 1 is 1.32 bits per heavy atom. The van der Waals surface area contributed by atoms with Gasteiger partial charge in [0.05, 0.1) is 18.0 Å². The Balaban J connectivity index is 0.000000236. The molecular weight excluding hydrogens is 593 g/mol. The summed E-state index contributed by atoms with van der Waals surface area (Å²) in [7, 11) is 5.46. The standard InChI is InChI=1S/C14H20N2O3.C12H17NS.C5H7N3S.C2H6/c1-4-10-7-6-8-16(10)14(17)11(5-2)12-9-13(18-3)15-19-12;1-9(2)12(14)11-6-4-10(5-7-11)8-13-3;1-3-6-4-5(9-3)8(2)7-4;1-2/h4,9-11H,1,5-8H2,2-3H3;4-7,13-14H,8H2,1-3H3;7H,1-2H3;1-2H3. The number of aromatic amines is 1. The molecule has 4 aromatic rings. The first-order valence-corrected chi connectivity index (χ1v) is 16.4. The number of methoxy groups -OCH3 is 1. The minimum atomic E-state index is -0.294. The van der Waals surface area contributed by atoms with E-state index >= 15 is 0 Å². The summed E-state index contributed by atoms with van der Waals surface area (Å²) in [5.74, 6) is 0.766. The van der Waals surface area contributed by atoms with Crippen LogP contribution in [0, 0.1) is 6.92 Å². The molecule has 11 heteroatoms. The lowest BCUT2D eigenvalue weighted by molar-refractivity contribution is -0.133. The molecule has 5 rings (SSSR count). The third-order valence-electron chi connectivity index (χ3n) is 7.00. The minimum Gasteiger partial charge on any atom is -0.479 e. The number of rotatable bonds is 8. The molecule has 2 N–H and O–H groups in total. The molecule has 2 unspecified atom stereocenters. The summed E-state index contributed by atoms with van der Waals surface area (Å²) in [5, 5.41) is 11.0. The number of nitrogens with zero attached hydrogens (tertiary/aromatic N) is 4. The van der Waals surface area contributed by atoms with Crippen molar-refractivity contribution in [3.63, 3.8) is 0 Å². The average Bonchev–Trinajstić information content (AvgIpc) is 3.78. The third kappa shape index (κ3) is 9.87. The molecule has 1 fully saturated rings. The van der Waals surface area contributed by atoms with Crippen LogP contribution in [0.5, 0.6) is 5.88 Å². The highest BCUT2D eigenvalue weighted by Crippen LogP contribution is 2.29. The van der Waals surface area contributed by atoms with E-state index in [4.69, 9.17) is 9.26 Å². The highest BCUT2D eigenvalue weighted by atomic mass is 32.1. The highest BCUT2D eigenvalue weighted by molar-refractivity contribution is 7.90. The summed E-state index contributed by atoms with van der Waals surface area (Å²) in [4.78, 5) is 21.0. The Bertz CT molecular complexity index is 1460. The lowest BCUT2D eigenvalue weighted by Gasteiger charge is -2.25. The first kappa shape index (κ1) is 36.9. The number of carbonyl (C=O) groups excluding carboxylic acids is 1. The van der Waals surface area contributed by atoms with E-state index in [1.807, 2.05) is 57.4 Å². The predicted molar refractivity (Wildman–Crippen MR) is 187 cm³/mol. The normalized spacial score (nSPS) is 14.4. The molecule has 9 nitrogen and oxygen atoms in total. The fraction of sp³-hybridized carbons (Fsp3) is 0.485. The second kappa shape index (κ2) is 18.5. The van der Waals surface area contributed by atoms with Crippen molar-refractivity contribution in [2.24, 2.45) is 7.05 Å². The van der Waals surface area contributed by atoms with Crippen molar-refractivity contribution in [1.29, 1.82) is 0 Å². The van der Waals surface area contributed by atoms with E-state index in [9.17, 15) is 4.79 Å². The lowest BCUT2D eigenvalue weighted by Crippen LogP contribution is -2.37. The molecule has 0 saturated carbocycles.